The van der Waals surface area contributed by atoms with Gasteiger partial charge in [0.05, 0.1) is 6.61 Å². The summed E-state index contributed by atoms with van der Waals surface area (Å²) in [5.74, 6) is 0.493. The SMILES string of the molecule is COCCN1C2=NC3C(C(=O)N(C/C=C/c4ccccc4)C(=O)N3C)N2C(C)=C1C. The van der Waals surface area contributed by atoms with Gasteiger partial charge in [-0.3, -0.25) is 14.6 Å². The number of benzene rings is 1. The summed E-state index contributed by atoms with van der Waals surface area (Å²) in [6.07, 6.45) is 3.24. The summed E-state index contributed by atoms with van der Waals surface area (Å²) < 4.78 is 5.23. The molecule has 158 valence electrons. The Kier molecular flexibility index (Phi) is 5.34. The van der Waals surface area contributed by atoms with Gasteiger partial charge < -0.3 is 14.5 Å². The van der Waals surface area contributed by atoms with E-state index in [1.807, 2.05) is 61.2 Å². The number of amides is 3. The molecule has 8 nitrogen and oxygen atoms in total. The lowest BCUT2D eigenvalue weighted by Gasteiger charge is -2.40. The van der Waals surface area contributed by atoms with Crippen molar-refractivity contribution in [3.63, 3.8) is 0 Å². The number of hydrogen-bond donors (Lipinski definition) is 0. The number of likely N-dealkylation sites (N-methyl/N-ethyl adjacent to an activating group) is 1. The van der Waals surface area contributed by atoms with Crippen LogP contribution in [0.15, 0.2) is 52.8 Å². The van der Waals surface area contributed by atoms with Crippen LogP contribution in [0, 0.1) is 0 Å². The van der Waals surface area contributed by atoms with Gasteiger partial charge in [0.2, 0.25) is 5.96 Å². The molecule has 3 aliphatic rings. The number of allylic oxidation sites excluding steroid dienone is 2. The number of rotatable bonds is 6. The Hall–Kier alpha value is -3.13. The van der Waals surface area contributed by atoms with E-state index >= 15 is 0 Å². The van der Waals surface area contributed by atoms with E-state index in [4.69, 9.17) is 9.73 Å². The van der Waals surface area contributed by atoms with Crippen LogP contribution in [0.25, 0.3) is 6.08 Å². The summed E-state index contributed by atoms with van der Waals surface area (Å²) in [4.78, 5) is 37.9. The molecule has 2 unspecified atom stereocenters. The molecule has 0 N–H and O–H groups in total. The molecule has 8 heteroatoms. The molecule has 1 saturated heterocycles. The minimum Gasteiger partial charge on any atom is -0.383 e. The molecular weight excluding hydrogens is 382 g/mol. The second kappa shape index (κ2) is 7.95. The molecule has 2 atom stereocenters. The Bertz CT molecular complexity index is 939. The summed E-state index contributed by atoms with van der Waals surface area (Å²) in [6.45, 7) is 5.42. The minimum absolute atomic E-state index is 0.221. The van der Waals surface area contributed by atoms with Crippen molar-refractivity contribution in [2.45, 2.75) is 26.1 Å². The number of methoxy groups -OCH3 is 1. The Balaban J connectivity index is 1.57. The van der Waals surface area contributed by atoms with E-state index in [1.165, 1.54) is 4.90 Å². The number of carbonyl (C=O) groups is 2. The number of imide groups is 1. The zero-order chi connectivity index (χ0) is 21.4. The molecule has 3 aliphatic heterocycles. The highest BCUT2D eigenvalue weighted by Crippen LogP contribution is 2.37. The molecule has 1 aromatic rings. The molecule has 1 fully saturated rings. The lowest BCUT2D eigenvalue weighted by atomic mass is 10.1. The van der Waals surface area contributed by atoms with Crippen LogP contribution in [0.5, 0.6) is 0 Å². The van der Waals surface area contributed by atoms with Crippen molar-refractivity contribution in [3.05, 3.63) is 53.4 Å². The van der Waals surface area contributed by atoms with Crippen molar-refractivity contribution in [3.8, 4) is 0 Å². The molecule has 0 aromatic heterocycles. The number of guanidine groups is 1. The topological polar surface area (TPSA) is 68.7 Å². The van der Waals surface area contributed by atoms with E-state index < -0.39 is 12.2 Å². The van der Waals surface area contributed by atoms with E-state index in [0.29, 0.717) is 19.1 Å². The van der Waals surface area contributed by atoms with E-state index in [2.05, 4.69) is 4.90 Å². The van der Waals surface area contributed by atoms with E-state index in [-0.39, 0.29) is 18.5 Å². The molecule has 0 spiro atoms. The van der Waals surface area contributed by atoms with Gasteiger partial charge in [-0.2, -0.15) is 0 Å². The van der Waals surface area contributed by atoms with Gasteiger partial charge in [0.25, 0.3) is 5.91 Å². The molecule has 4 rings (SSSR count). The summed E-state index contributed by atoms with van der Waals surface area (Å²) >= 11 is 0. The molecule has 3 heterocycles. The summed E-state index contributed by atoms with van der Waals surface area (Å²) in [7, 11) is 3.37. The van der Waals surface area contributed by atoms with E-state index in [1.54, 1.807) is 19.1 Å². The van der Waals surface area contributed by atoms with Crippen molar-refractivity contribution in [2.75, 3.05) is 33.9 Å². The maximum absolute atomic E-state index is 13.4. The zero-order valence-electron chi connectivity index (χ0n) is 17.8. The first-order chi connectivity index (χ1) is 14.5. The van der Waals surface area contributed by atoms with Crippen LogP contribution in [-0.2, 0) is 9.53 Å². The summed E-state index contributed by atoms with van der Waals surface area (Å²) in [5, 5.41) is 0. The van der Waals surface area contributed by atoms with Gasteiger partial charge in [-0.05, 0) is 19.4 Å². The normalized spacial score (nSPS) is 23.7. The molecule has 0 bridgehead atoms. The van der Waals surface area contributed by atoms with Crippen molar-refractivity contribution < 1.29 is 14.3 Å². The molecule has 0 saturated carbocycles. The first-order valence-corrected chi connectivity index (χ1v) is 10.1. The van der Waals surface area contributed by atoms with Crippen molar-refractivity contribution in [1.29, 1.82) is 0 Å². The van der Waals surface area contributed by atoms with Crippen LogP contribution in [0.1, 0.15) is 19.4 Å². The van der Waals surface area contributed by atoms with Crippen LogP contribution in [0.2, 0.25) is 0 Å². The second-order valence-corrected chi connectivity index (χ2v) is 7.63. The number of urea groups is 1. The Morgan fingerprint density at radius 3 is 2.53 bits per heavy atom. The fraction of sp³-hybridized carbons (Fsp3) is 0.409. The predicted molar refractivity (Wildman–Crippen MR) is 114 cm³/mol. The number of nitrogens with zero attached hydrogens (tertiary/aromatic N) is 5. The predicted octanol–water partition coefficient (Wildman–Crippen LogP) is 2.17. The van der Waals surface area contributed by atoms with Crippen molar-refractivity contribution in [1.82, 2.24) is 19.6 Å². The standard InChI is InChI=1S/C22H27N5O3/c1-15-16(2)27-18-19(23-21(27)25(15)13-14-30-4)24(3)22(29)26(20(18)28)12-8-11-17-9-6-5-7-10-17/h5-11,18-19H,12-14H2,1-4H3/b11-8+. The third-order valence-corrected chi connectivity index (χ3v) is 5.92. The van der Waals surface area contributed by atoms with Crippen molar-refractivity contribution in [2.24, 2.45) is 4.99 Å². The van der Waals surface area contributed by atoms with Crippen LogP contribution in [0.3, 0.4) is 0 Å². The lowest BCUT2D eigenvalue weighted by Crippen LogP contribution is -2.64. The van der Waals surface area contributed by atoms with Crippen LogP contribution in [-0.4, -0.2) is 83.6 Å². The third kappa shape index (κ3) is 3.17. The number of carbonyl (C=O) groups excluding carboxylic acids is 2. The van der Waals surface area contributed by atoms with Crippen LogP contribution < -0.4 is 0 Å². The molecule has 0 radical (unpaired) electrons. The molecule has 1 aromatic carbocycles. The molecular formula is C22H27N5O3. The Morgan fingerprint density at radius 1 is 1.10 bits per heavy atom. The highest BCUT2D eigenvalue weighted by Gasteiger charge is 2.55. The van der Waals surface area contributed by atoms with Crippen LogP contribution in [0.4, 0.5) is 4.79 Å². The molecule has 0 aliphatic carbocycles. The minimum atomic E-state index is -0.546. The lowest BCUT2D eigenvalue weighted by molar-refractivity contribution is -0.136. The summed E-state index contributed by atoms with van der Waals surface area (Å²) in [5.41, 5.74) is 3.05. The number of ether oxygens (including phenoxy) is 1. The number of aliphatic imine (C=N–C) groups is 1. The largest absolute Gasteiger partial charge is 0.383 e. The van der Waals surface area contributed by atoms with E-state index in [0.717, 1.165) is 17.0 Å². The number of hydrogen-bond acceptors (Lipinski definition) is 6. The number of fused-ring (bicyclic) bond motifs is 3. The highest BCUT2D eigenvalue weighted by atomic mass is 16.5. The first kappa shape index (κ1) is 20.2. The van der Waals surface area contributed by atoms with Gasteiger partial charge in [-0.15, -0.1) is 0 Å². The average molecular weight is 409 g/mol. The monoisotopic (exact) mass is 409 g/mol. The van der Waals surface area contributed by atoms with E-state index in [9.17, 15) is 9.59 Å². The van der Waals surface area contributed by atoms with Gasteiger partial charge in [0, 0.05) is 38.6 Å². The second-order valence-electron chi connectivity index (χ2n) is 7.63. The highest BCUT2D eigenvalue weighted by molar-refractivity contribution is 6.05. The Morgan fingerprint density at radius 2 is 1.83 bits per heavy atom. The first-order valence-electron chi connectivity index (χ1n) is 10.1. The van der Waals surface area contributed by atoms with Gasteiger partial charge in [0.15, 0.2) is 12.2 Å². The van der Waals surface area contributed by atoms with Gasteiger partial charge in [-0.25, -0.2) is 9.79 Å². The molecule has 30 heavy (non-hydrogen) atoms. The smallest absolute Gasteiger partial charge is 0.328 e. The fourth-order valence-corrected chi connectivity index (χ4v) is 4.16. The van der Waals surface area contributed by atoms with Gasteiger partial charge in [-0.1, -0.05) is 42.5 Å². The van der Waals surface area contributed by atoms with Crippen molar-refractivity contribution >= 4 is 24.0 Å². The molecule has 3 amide bonds. The maximum atomic E-state index is 13.4. The quantitative estimate of drug-likeness (QED) is 0.720. The average Bonchev–Trinajstić information content (AvgIpc) is 3.24. The maximum Gasteiger partial charge on any atom is 0.328 e. The zero-order valence-corrected chi connectivity index (χ0v) is 17.8. The van der Waals surface area contributed by atoms with Gasteiger partial charge in [0.1, 0.15) is 0 Å². The Labute approximate surface area is 176 Å². The third-order valence-electron chi connectivity index (χ3n) is 5.92. The van der Waals surface area contributed by atoms with Gasteiger partial charge >= 0.3 is 6.03 Å². The fourth-order valence-electron chi connectivity index (χ4n) is 4.16. The van der Waals surface area contributed by atoms with Crippen LogP contribution >= 0.6 is 0 Å². The summed E-state index contributed by atoms with van der Waals surface area (Å²) in [6, 6.07) is 8.93.